The zero-order chi connectivity index (χ0) is 11.4. The molecule has 1 aliphatic heterocycles. The zero-order valence-electron chi connectivity index (χ0n) is 10.1. The summed E-state index contributed by atoms with van der Waals surface area (Å²) < 4.78 is 5.22. The fraction of sp³-hybridized carbons (Fsp3) is 0.786. The Balaban J connectivity index is 1.96. The Hall–Kier alpha value is -0.790. The monoisotopic (exact) mass is 220 g/mol. The first-order valence-electron chi connectivity index (χ1n) is 6.42. The molecule has 3 aliphatic rings. The van der Waals surface area contributed by atoms with E-state index in [4.69, 9.17) is 4.74 Å². The SMILES string of the molecule is C=C1COC(=O)[C@@]12C[C@H]1CCCC[C@@]1(C)C2. The fourth-order valence-corrected chi connectivity index (χ4v) is 4.23. The van der Waals surface area contributed by atoms with Crippen molar-refractivity contribution in [3.05, 3.63) is 12.2 Å². The molecule has 1 spiro atoms. The predicted molar refractivity (Wildman–Crippen MR) is 61.8 cm³/mol. The molecule has 2 heteroatoms. The lowest BCUT2D eigenvalue weighted by Crippen LogP contribution is -2.27. The van der Waals surface area contributed by atoms with Gasteiger partial charge in [0.25, 0.3) is 0 Å². The maximum atomic E-state index is 12.0. The van der Waals surface area contributed by atoms with E-state index in [2.05, 4.69) is 13.5 Å². The van der Waals surface area contributed by atoms with Gasteiger partial charge in [0.15, 0.2) is 0 Å². The number of hydrogen-bond donors (Lipinski definition) is 0. The van der Waals surface area contributed by atoms with Crippen molar-refractivity contribution in [1.29, 1.82) is 0 Å². The maximum absolute atomic E-state index is 12.0. The van der Waals surface area contributed by atoms with Crippen LogP contribution in [0.3, 0.4) is 0 Å². The van der Waals surface area contributed by atoms with Crippen LogP contribution in [0.25, 0.3) is 0 Å². The summed E-state index contributed by atoms with van der Waals surface area (Å²) in [6.07, 6.45) is 7.21. The van der Waals surface area contributed by atoms with Gasteiger partial charge in [0, 0.05) is 0 Å². The molecule has 0 N–H and O–H groups in total. The van der Waals surface area contributed by atoms with Crippen LogP contribution in [-0.2, 0) is 9.53 Å². The second-order valence-electron chi connectivity index (χ2n) is 6.24. The van der Waals surface area contributed by atoms with Crippen LogP contribution >= 0.6 is 0 Å². The first-order valence-corrected chi connectivity index (χ1v) is 6.42. The summed E-state index contributed by atoms with van der Waals surface area (Å²) in [5.74, 6) is 0.719. The summed E-state index contributed by atoms with van der Waals surface area (Å²) in [5, 5.41) is 0. The lowest BCUT2D eigenvalue weighted by atomic mass is 9.69. The molecule has 1 heterocycles. The van der Waals surface area contributed by atoms with E-state index >= 15 is 0 Å². The molecule has 2 saturated carbocycles. The Morgan fingerprint density at radius 1 is 1.44 bits per heavy atom. The summed E-state index contributed by atoms with van der Waals surface area (Å²) in [4.78, 5) is 12.0. The molecule has 88 valence electrons. The zero-order valence-corrected chi connectivity index (χ0v) is 10.1. The first-order chi connectivity index (χ1) is 7.57. The minimum Gasteiger partial charge on any atom is -0.460 e. The lowest BCUT2D eigenvalue weighted by molar-refractivity contribution is -0.146. The van der Waals surface area contributed by atoms with Crippen LogP contribution in [0, 0.1) is 16.7 Å². The number of cyclic esters (lactones) is 1. The highest BCUT2D eigenvalue weighted by molar-refractivity contribution is 5.84. The maximum Gasteiger partial charge on any atom is 0.316 e. The molecule has 0 unspecified atom stereocenters. The smallest absolute Gasteiger partial charge is 0.316 e. The second kappa shape index (κ2) is 3.12. The molecule has 3 rings (SSSR count). The van der Waals surface area contributed by atoms with Crippen LogP contribution in [-0.4, -0.2) is 12.6 Å². The third kappa shape index (κ3) is 1.16. The van der Waals surface area contributed by atoms with E-state index in [1.807, 2.05) is 0 Å². The average Bonchev–Trinajstić information content (AvgIpc) is 2.71. The average molecular weight is 220 g/mol. The molecule has 0 aromatic carbocycles. The van der Waals surface area contributed by atoms with Gasteiger partial charge in [0.2, 0.25) is 0 Å². The molecule has 1 saturated heterocycles. The number of fused-ring (bicyclic) bond motifs is 1. The van der Waals surface area contributed by atoms with E-state index in [9.17, 15) is 4.79 Å². The molecule has 3 atom stereocenters. The molecule has 0 bridgehead atoms. The molecule has 16 heavy (non-hydrogen) atoms. The standard InChI is InChI=1S/C14H20O2/c1-10-8-16-12(15)14(10)7-11-5-3-4-6-13(11,2)9-14/h11H,1,3-9H2,2H3/t11-,13+,14-/m1/s1. The minimum atomic E-state index is -0.302. The summed E-state index contributed by atoms with van der Waals surface area (Å²) in [7, 11) is 0. The minimum absolute atomic E-state index is 0.00752. The first kappa shape index (κ1) is 10.4. The van der Waals surface area contributed by atoms with Gasteiger partial charge in [0.05, 0.1) is 5.41 Å². The third-order valence-electron chi connectivity index (χ3n) is 5.28. The Kier molecular flexibility index (Phi) is 2.02. The Bertz CT molecular complexity index is 342. The summed E-state index contributed by atoms with van der Waals surface area (Å²) in [6.45, 7) is 6.91. The molecule has 2 nitrogen and oxygen atoms in total. The molecule has 0 radical (unpaired) electrons. The predicted octanol–water partition coefficient (Wildman–Crippen LogP) is 3.08. The Labute approximate surface area is 97.1 Å². The molecule has 0 aromatic heterocycles. The van der Waals surface area contributed by atoms with Crippen LogP contribution in [0.5, 0.6) is 0 Å². The highest BCUT2D eigenvalue weighted by Crippen LogP contribution is 2.63. The Morgan fingerprint density at radius 2 is 2.25 bits per heavy atom. The number of ether oxygens (including phenoxy) is 1. The van der Waals surface area contributed by atoms with Crippen LogP contribution in [0.2, 0.25) is 0 Å². The van der Waals surface area contributed by atoms with Crippen LogP contribution in [0.1, 0.15) is 45.4 Å². The van der Waals surface area contributed by atoms with Gasteiger partial charge < -0.3 is 4.74 Å². The Morgan fingerprint density at radius 3 is 2.88 bits per heavy atom. The second-order valence-corrected chi connectivity index (χ2v) is 6.24. The number of hydrogen-bond acceptors (Lipinski definition) is 2. The normalized spacial score (nSPS) is 47.2. The number of rotatable bonds is 0. The lowest BCUT2D eigenvalue weighted by Gasteiger charge is -2.36. The van der Waals surface area contributed by atoms with Crippen molar-refractivity contribution in [2.45, 2.75) is 45.4 Å². The molecule has 0 amide bonds. The number of carbonyl (C=O) groups excluding carboxylic acids is 1. The van der Waals surface area contributed by atoms with E-state index in [0.29, 0.717) is 17.9 Å². The van der Waals surface area contributed by atoms with Gasteiger partial charge in [-0.1, -0.05) is 26.3 Å². The van der Waals surface area contributed by atoms with Gasteiger partial charge in [-0.2, -0.15) is 0 Å². The quantitative estimate of drug-likeness (QED) is 0.463. The van der Waals surface area contributed by atoms with E-state index in [-0.39, 0.29) is 11.4 Å². The van der Waals surface area contributed by atoms with E-state index in [1.165, 1.54) is 25.7 Å². The van der Waals surface area contributed by atoms with Crippen molar-refractivity contribution >= 4 is 5.97 Å². The van der Waals surface area contributed by atoms with Gasteiger partial charge in [-0.05, 0) is 42.6 Å². The van der Waals surface area contributed by atoms with E-state index < -0.39 is 0 Å². The highest BCUT2D eigenvalue weighted by Gasteiger charge is 2.60. The molecule has 2 aliphatic carbocycles. The summed E-state index contributed by atoms with van der Waals surface area (Å²) >= 11 is 0. The van der Waals surface area contributed by atoms with Crippen molar-refractivity contribution in [3.8, 4) is 0 Å². The number of esters is 1. The van der Waals surface area contributed by atoms with Gasteiger partial charge in [0.1, 0.15) is 6.61 Å². The van der Waals surface area contributed by atoms with Crippen molar-refractivity contribution < 1.29 is 9.53 Å². The molecule has 3 fully saturated rings. The van der Waals surface area contributed by atoms with Gasteiger partial charge in [-0.15, -0.1) is 0 Å². The fourth-order valence-electron chi connectivity index (χ4n) is 4.23. The highest BCUT2D eigenvalue weighted by atomic mass is 16.5. The topological polar surface area (TPSA) is 26.3 Å². The van der Waals surface area contributed by atoms with Gasteiger partial charge >= 0.3 is 5.97 Å². The molecular formula is C14H20O2. The van der Waals surface area contributed by atoms with Crippen molar-refractivity contribution in [1.82, 2.24) is 0 Å². The largest absolute Gasteiger partial charge is 0.460 e. The van der Waals surface area contributed by atoms with Crippen LogP contribution < -0.4 is 0 Å². The van der Waals surface area contributed by atoms with Gasteiger partial charge in [-0.25, -0.2) is 0 Å². The number of carbonyl (C=O) groups is 1. The summed E-state index contributed by atoms with van der Waals surface area (Å²) in [6, 6.07) is 0. The summed E-state index contributed by atoms with van der Waals surface area (Å²) in [5.41, 5.74) is 1.10. The van der Waals surface area contributed by atoms with Crippen LogP contribution in [0.15, 0.2) is 12.2 Å². The van der Waals surface area contributed by atoms with Crippen LogP contribution in [0.4, 0.5) is 0 Å². The third-order valence-corrected chi connectivity index (χ3v) is 5.28. The molecule has 0 aromatic rings. The van der Waals surface area contributed by atoms with Gasteiger partial charge in [-0.3, -0.25) is 4.79 Å². The van der Waals surface area contributed by atoms with E-state index in [0.717, 1.165) is 18.4 Å². The van der Waals surface area contributed by atoms with E-state index in [1.54, 1.807) is 0 Å². The van der Waals surface area contributed by atoms with Crippen molar-refractivity contribution in [2.75, 3.05) is 6.61 Å². The van der Waals surface area contributed by atoms with Crippen molar-refractivity contribution in [2.24, 2.45) is 16.7 Å². The van der Waals surface area contributed by atoms with Crippen molar-refractivity contribution in [3.63, 3.8) is 0 Å². The molecular weight excluding hydrogens is 200 g/mol.